The fraction of sp³-hybridized carbons (Fsp3) is 0.105. The van der Waals surface area contributed by atoms with E-state index in [1.54, 1.807) is 26.5 Å². The van der Waals surface area contributed by atoms with Gasteiger partial charge >= 0.3 is 0 Å². The summed E-state index contributed by atoms with van der Waals surface area (Å²) in [6.07, 6.45) is 1.69. The van der Waals surface area contributed by atoms with Gasteiger partial charge in [0.05, 0.1) is 25.6 Å². The monoisotopic (exact) mass is 360 g/mol. The zero-order valence-corrected chi connectivity index (χ0v) is 14.8. The van der Waals surface area contributed by atoms with E-state index < -0.39 is 0 Å². The lowest BCUT2D eigenvalue weighted by Crippen LogP contribution is -2.01. The highest BCUT2D eigenvalue weighted by Crippen LogP contribution is 2.31. The number of tetrazole rings is 1. The second kappa shape index (κ2) is 7.20. The SMILES string of the molecule is COc1cccc(-c2ccc(-n3nnc(-c4ccccn4)n3)cc2OC)n1. The van der Waals surface area contributed by atoms with Gasteiger partial charge in [-0.25, -0.2) is 4.98 Å². The number of rotatable bonds is 5. The van der Waals surface area contributed by atoms with Crippen molar-refractivity contribution in [1.82, 2.24) is 30.2 Å². The lowest BCUT2D eigenvalue weighted by atomic mass is 10.1. The van der Waals surface area contributed by atoms with E-state index in [4.69, 9.17) is 9.47 Å². The molecule has 8 heteroatoms. The number of ether oxygens (including phenoxy) is 2. The average molecular weight is 360 g/mol. The first-order valence-corrected chi connectivity index (χ1v) is 8.20. The van der Waals surface area contributed by atoms with Crippen LogP contribution in [-0.4, -0.2) is 44.4 Å². The molecule has 0 fully saturated rings. The molecule has 3 aromatic heterocycles. The molecule has 4 aromatic rings. The van der Waals surface area contributed by atoms with E-state index in [2.05, 4.69) is 25.4 Å². The van der Waals surface area contributed by atoms with Gasteiger partial charge in [-0.15, -0.1) is 15.0 Å². The summed E-state index contributed by atoms with van der Waals surface area (Å²) in [5.41, 5.74) is 2.96. The number of pyridine rings is 2. The second-order valence-corrected chi connectivity index (χ2v) is 5.57. The van der Waals surface area contributed by atoms with Crippen LogP contribution in [0.25, 0.3) is 28.5 Å². The van der Waals surface area contributed by atoms with Crippen LogP contribution in [0, 0.1) is 0 Å². The molecule has 1 aromatic carbocycles. The van der Waals surface area contributed by atoms with Gasteiger partial charge in [0, 0.05) is 23.9 Å². The standard InChI is InChI=1S/C19H16N6O2/c1-26-17-12-13(9-10-14(17)15-7-5-8-18(21-15)27-2)25-23-19(22-24-25)16-6-3-4-11-20-16/h3-12H,1-2H3. The summed E-state index contributed by atoms with van der Waals surface area (Å²) < 4.78 is 10.7. The predicted octanol–water partition coefficient (Wildman–Crippen LogP) is 2.80. The predicted molar refractivity (Wildman–Crippen MR) is 98.7 cm³/mol. The van der Waals surface area contributed by atoms with Gasteiger partial charge in [0.1, 0.15) is 11.4 Å². The van der Waals surface area contributed by atoms with Crippen molar-refractivity contribution in [3.05, 3.63) is 60.8 Å². The third kappa shape index (κ3) is 3.32. The molecule has 8 nitrogen and oxygen atoms in total. The summed E-state index contributed by atoms with van der Waals surface area (Å²) in [7, 11) is 3.19. The fourth-order valence-electron chi connectivity index (χ4n) is 2.62. The Labute approximate surface area is 155 Å². The van der Waals surface area contributed by atoms with E-state index in [1.807, 2.05) is 48.5 Å². The van der Waals surface area contributed by atoms with E-state index in [1.165, 1.54) is 4.80 Å². The van der Waals surface area contributed by atoms with Crippen LogP contribution in [0.15, 0.2) is 60.8 Å². The maximum Gasteiger partial charge on any atom is 0.223 e. The Morgan fingerprint density at radius 2 is 1.78 bits per heavy atom. The maximum atomic E-state index is 5.54. The summed E-state index contributed by atoms with van der Waals surface area (Å²) in [4.78, 5) is 10.1. The molecule has 134 valence electrons. The Morgan fingerprint density at radius 3 is 2.56 bits per heavy atom. The molecule has 0 bridgehead atoms. The van der Waals surface area contributed by atoms with Gasteiger partial charge in [0.2, 0.25) is 11.7 Å². The molecule has 0 aliphatic rings. The van der Waals surface area contributed by atoms with Crippen LogP contribution in [0.2, 0.25) is 0 Å². The van der Waals surface area contributed by atoms with Crippen molar-refractivity contribution in [2.45, 2.75) is 0 Å². The quantitative estimate of drug-likeness (QED) is 0.541. The molecule has 0 unspecified atom stereocenters. The van der Waals surface area contributed by atoms with Crippen LogP contribution in [0.5, 0.6) is 11.6 Å². The largest absolute Gasteiger partial charge is 0.496 e. The average Bonchev–Trinajstić information content (AvgIpc) is 3.24. The highest BCUT2D eigenvalue weighted by Gasteiger charge is 2.13. The van der Waals surface area contributed by atoms with E-state index >= 15 is 0 Å². The normalized spacial score (nSPS) is 10.6. The molecule has 0 spiro atoms. The number of benzene rings is 1. The van der Waals surface area contributed by atoms with Crippen molar-refractivity contribution >= 4 is 0 Å². The molecule has 0 aliphatic heterocycles. The van der Waals surface area contributed by atoms with Crippen molar-refractivity contribution in [2.75, 3.05) is 14.2 Å². The molecule has 0 saturated carbocycles. The zero-order chi connectivity index (χ0) is 18.6. The molecule has 0 radical (unpaired) electrons. The number of hydrogen-bond acceptors (Lipinski definition) is 7. The molecule has 27 heavy (non-hydrogen) atoms. The zero-order valence-electron chi connectivity index (χ0n) is 14.8. The van der Waals surface area contributed by atoms with Crippen molar-refractivity contribution < 1.29 is 9.47 Å². The van der Waals surface area contributed by atoms with Crippen LogP contribution in [0.1, 0.15) is 0 Å². The van der Waals surface area contributed by atoms with Gasteiger partial charge in [0.15, 0.2) is 0 Å². The molecular formula is C19H16N6O2. The number of hydrogen-bond donors (Lipinski definition) is 0. The van der Waals surface area contributed by atoms with Crippen LogP contribution < -0.4 is 9.47 Å². The van der Waals surface area contributed by atoms with Crippen molar-refractivity contribution in [2.24, 2.45) is 0 Å². The van der Waals surface area contributed by atoms with Crippen LogP contribution >= 0.6 is 0 Å². The maximum absolute atomic E-state index is 5.54. The van der Waals surface area contributed by atoms with Gasteiger partial charge in [-0.1, -0.05) is 12.1 Å². The minimum Gasteiger partial charge on any atom is -0.496 e. The molecule has 0 N–H and O–H groups in total. The third-order valence-electron chi connectivity index (χ3n) is 3.93. The third-order valence-corrected chi connectivity index (χ3v) is 3.93. The molecule has 3 heterocycles. The Balaban J connectivity index is 1.70. The highest BCUT2D eigenvalue weighted by molar-refractivity contribution is 5.69. The molecule has 0 amide bonds. The second-order valence-electron chi connectivity index (χ2n) is 5.57. The molecule has 0 saturated heterocycles. The van der Waals surface area contributed by atoms with Gasteiger partial charge in [-0.05, 0) is 35.5 Å². The van der Waals surface area contributed by atoms with Gasteiger partial charge in [-0.3, -0.25) is 4.98 Å². The van der Waals surface area contributed by atoms with Crippen LogP contribution in [0.3, 0.4) is 0 Å². The molecule has 4 rings (SSSR count). The van der Waals surface area contributed by atoms with E-state index in [0.29, 0.717) is 28.8 Å². The Bertz CT molecular complexity index is 1060. The highest BCUT2D eigenvalue weighted by atomic mass is 16.5. The summed E-state index contributed by atoms with van der Waals surface area (Å²) in [6, 6.07) is 16.7. The van der Waals surface area contributed by atoms with Crippen molar-refractivity contribution in [3.8, 4) is 40.1 Å². The summed E-state index contributed by atoms with van der Waals surface area (Å²) >= 11 is 0. The lowest BCUT2D eigenvalue weighted by molar-refractivity contribution is 0.398. The topological polar surface area (TPSA) is 87.8 Å². The van der Waals surface area contributed by atoms with Crippen molar-refractivity contribution in [1.29, 1.82) is 0 Å². The number of methoxy groups -OCH3 is 2. The first kappa shape index (κ1) is 16.6. The summed E-state index contributed by atoms with van der Waals surface area (Å²) in [6.45, 7) is 0. The number of aromatic nitrogens is 6. The Kier molecular flexibility index (Phi) is 4.44. The first-order valence-electron chi connectivity index (χ1n) is 8.20. The summed E-state index contributed by atoms with van der Waals surface area (Å²) in [5, 5.41) is 12.6. The fourth-order valence-corrected chi connectivity index (χ4v) is 2.62. The molecular weight excluding hydrogens is 344 g/mol. The summed E-state index contributed by atoms with van der Waals surface area (Å²) in [5.74, 6) is 1.63. The lowest BCUT2D eigenvalue weighted by Gasteiger charge is -2.10. The van der Waals surface area contributed by atoms with Crippen LogP contribution in [0.4, 0.5) is 0 Å². The van der Waals surface area contributed by atoms with E-state index in [-0.39, 0.29) is 0 Å². The Hall–Kier alpha value is -3.81. The smallest absolute Gasteiger partial charge is 0.223 e. The van der Waals surface area contributed by atoms with Gasteiger partial charge in [0.25, 0.3) is 0 Å². The minimum absolute atomic E-state index is 0.452. The first-order chi connectivity index (χ1) is 13.3. The van der Waals surface area contributed by atoms with Crippen molar-refractivity contribution in [3.63, 3.8) is 0 Å². The van der Waals surface area contributed by atoms with Gasteiger partial charge in [-0.2, -0.15) is 0 Å². The van der Waals surface area contributed by atoms with E-state index in [0.717, 1.165) is 11.3 Å². The Morgan fingerprint density at radius 1 is 0.889 bits per heavy atom. The molecule has 0 aliphatic carbocycles. The van der Waals surface area contributed by atoms with E-state index in [9.17, 15) is 0 Å². The number of nitrogens with zero attached hydrogens (tertiary/aromatic N) is 6. The van der Waals surface area contributed by atoms with Crippen LogP contribution in [-0.2, 0) is 0 Å². The molecule has 0 atom stereocenters. The van der Waals surface area contributed by atoms with Gasteiger partial charge < -0.3 is 9.47 Å². The minimum atomic E-state index is 0.452.